The van der Waals surface area contributed by atoms with Gasteiger partial charge in [0, 0.05) is 30.6 Å². The van der Waals surface area contributed by atoms with Crippen molar-refractivity contribution in [2.75, 3.05) is 14.2 Å². The second-order valence-corrected chi connectivity index (χ2v) is 6.88. The molecule has 0 spiro atoms. The van der Waals surface area contributed by atoms with Gasteiger partial charge in [0.05, 0.1) is 19.1 Å². The van der Waals surface area contributed by atoms with E-state index in [1.54, 1.807) is 13.3 Å². The second kappa shape index (κ2) is 6.86. The molecule has 0 radical (unpaired) electrons. The van der Waals surface area contributed by atoms with Crippen molar-refractivity contribution >= 4 is 12.0 Å². The van der Waals surface area contributed by atoms with Crippen molar-refractivity contribution in [3.63, 3.8) is 0 Å². The molecule has 0 amide bonds. The summed E-state index contributed by atoms with van der Waals surface area (Å²) in [5.41, 5.74) is -2.07. The highest BCUT2D eigenvalue weighted by Crippen LogP contribution is 2.56. The summed E-state index contributed by atoms with van der Waals surface area (Å²) in [6.45, 7) is 5.68. The van der Waals surface area contributed by atoms with Crippen molar-refractivity contribution < 1.29 is 23.0 Å². The van der Waals surface area contributed by atoms with Gasteiger partial charge in [0.25, 0.3) is 0 Å². The molecule has 1 unspecified atom stereocenters. The van der Waals surface area contributed by atoms with Crippen LogP contribution in [0, 0.1) is 12.8 Å². The van der Waals surface area contributed by atoms with Gasteiger partial charge in [-0.15, -0.1) is 0 Å². The third-order valence-corrected chi connectivity index (χ3v) is 4.72. The molecule has 7 heteroatoms. The number of halogens is 3. The zero-order chi connectivity index (χ0) is 19.0. The molecule has 1 aliphatic carbocycles. The van der Waals surface area contributed by atoms with Crippen LogP contribution in [0.3, 0.4) is 0 Å². The minimum absolute atomic E-state index is 0.00308. The van der Waals surface area contributed by atoms with Crippen LogP contribution in [0.4, 0.5) is 18.9 Å². The van der Waals surface area contributed by atoms with Crippen molar-refractivity contribution in [2.45, 2.75) is 51.4 Å². The van der Waals surface area contributed by atoms with E-state index in [0.717, 1.165) is 0 Å². The monoisotopic (exact) mass is 358 g/mol. The van der Waals surface area contributed by atoms with E-state index in [2.05, 4.69) is 4.99 Å². The lowest BCUT2D eigenvalue weighted by atomic mass is 9.86. The van der Waals surface area contributed by atoms with Gasteiger partial charge in [-0.05, 0) is 45.2 Å². The van der Waals surface area contributed by atoms with Crippen LogP contribution >= 0.6 is 0 Å². The van der Waals surface area contributed by atoms with Crippen molar-refractivity contribution in [1.29, 1.82) is 0 Å². The van der Waals surface area contributed by atoms with E-state index >= 15 is 0 Å². The maximum atomic E-state index is 13.6. The number of rotatable bonds is 6. The van der Waals surface area contributed by atoms with Gasteiger partial charge < -0.3 is 14.7 Å². The lowest BCUT2D eigenvalue weighted by Crippen LogP contribution is -2.44. The normalized spacial score (nSPS) is 17.8. The first kappa shape index (κ1) is 19.6. The highest BCUT2D eigenvalue weighted by Gasteiger charge is 2.63. The quantitative estimate of drug-likeness (QED) is 0.613. The van der Waals surface area contributed by atoms with Crippen LogP contribution < -0.4 is 4.74 Å². The largest absolute Gasteiger partial charge is 0.496 e. The smallest absolute Gasteiger partial charge is 0.421 e. The summed E-state index contributed by atoms with van der Waals surface area (Å²) < 4.78 is 46.1. The molecule has 1 atom stereocenters. The van der Waals surface area contributed by atoms with Crippen molar-refractivity contribution in [3.8, 4) is 5.75 Å². The number of alkyl halides is 3. The molecule has 0 aliphatic heterocycles. The highest BCUT2D eigenvalue weighted by molar-refractivity contribution is 5.65. The molecule has 1 N–H and O–H groups in total. The summed E-state index contributed by atoms with van der Waals surface area (Å²) in [4.78, 5) is 6.22. The Kier molecular flexibility index (Phi) is 5.37. The van der Waals surface area contributed by atoms with E-state index < -0.39 is 17.7 Å². The molecule has 140 valence electrons. The van der Waals surface area contributed by atoms with Crippen LogP contribution in [0.25, 0.3) is 0 Å². The maximum Gasteiger partial charge on any atom is 0.421 e. The minimum Gasteiger partial charge on any atom is -0.496 e. The van der Waals surface area contributed by atoms with Crippen LogP contribution in [0.1, 0.15) is 37.8 Å². The highest BCUT2D eigenvalue weighted by atomic mass is 19.4. The summed E-state index contributed by atoms with van der Waals surface area (Å²) in [5.74, 6) is -0.834. The minimum atomic E-state index is -4.77. The first-order valence-corrected chi connectivity index (χ1v) is 8.26. The lowest BCUT2D eigenvalue weighted by Gasteiger charge is -2.32. The van der Waals surface area contributed by atoms with Gasteiger partial charge in [0.2, 0.25) is 0 Å². The predicted octanol–water partition coefficient (Wildman–Crippen LogP) is 4.16. The van der Waals surface area contributed by atoms with Crippen LogP contribution in [-0.2, 0) is 5.60 Å². The SMILES string of the molecule is COc1cc(/N=C\N(C)C(C)C)c(C)cc1C(O)(C1CC1)C(F)(F)F. The summed E-state index contributed by atoms with van der Waals surface area (Å²) in [5, 5.41) is 10.5. The first-order valence-electron chi connectivity index (χ1n) is 8.26. The molecule has 0 bridgehead atoms. The van der Waals surface area contributed by atoms with E-state index in [4.69, 9.17) is 4.74 Å². The number of aliphatic imine (C=N–C) groups is 1. The van der Waals surface area contributed by atoms with Crippen molar-refractivity contribution in [2.24, 2.45) is 10.9 Å². The predicted molar refractivity (Wildman–Crippen MR) is 91.5 cm³/mol. The topological polar surface area (TPSA) is 45.1 Å². The molecule has 1 saturated carbocycles. The number of benzene rings is 1. The number of nitrogens with zero attached hydrogens (tertiary/aromatic N) is 2. The third-order valence-electron chi connectivity index (χ3n) is 4.72. The lowest BCUT2D eigenvalue weighted by molar-refractivity contribution is -0.275. The number of ether oxygens (including phenoxy) is 1. The van der Waals surface area contributed by atoms with Gasteiger partial charge in [-0.3, -0.25) is 0 Å². The number of hydrogen-bond acceptors (Lipinski definition) is 3. The van der Waals surface area contributed by atoms with Gasteiger partial charge in [0.15, 0.2) is 5.60 Å². The average Bonchev–Trinajstić information content (AvgIpc) is 3.36. The van der Waals surface area contributed by atoms with Gasteiger partial charge in [-0.1, -0.05) is 0 Å². The van der Waals surface area contributed by atoms with Crippen LogP contribution in [0.15, 0.2) is 17.1 Å². The number of methoxy groups -OCH3 is 1. The van der Waals surface area contributed by atoms with E-state index in [0.29, 0.717) is 24.1 Å². The van der Waals surface area contributed by atoms with E-state index in [-0.39, 0.29) is 17.4 Å². The zero-order valence-corrected chi connectivity index (χ0v) is 15.2. The third kappa shape index (κ3) is 3.76. The summed E-state index contributed by atoms with van der Waals surface area (Å²) in [6.07, 6.45) is -2.45. The molecule has 1 fully saturated rings. The van der Waals surface area contributed by atoms with Crippen LogP contribution in [-0.4, -0.2) is 42.7 Å². The maximum absolute atomic E-state index is 13.6. The average molecular weight is 358 g/mol. The Labute approximate surface area is 146 Å². The fourth-order valence-corrected chi connectivity index (χ4v) is 2.67. The Bertz CT molecular complexity index is 654. The summed E-state index contributed by atoms with van der Waals surface area (Å²) >= 11 is 0. The van der Waals surface area contributed by atoms with Gasteiger partial charge >= 0.3 is 6.18 Å². The molecule has 1 aromatic carbocycles. The van der Waals surface area contributed by atoms with Crippen molar-refractivity contribution in [3.05, 3.63) is 23.3 Å². The standard InChI is InChI=1S/C18H25F3N2O2/c1-11(2)23(4)10-22-15-9-16(25-5)14(8-12(15)3)17(24,13-6-7-13)18(19,20)21/h8-11,13,24H,6-7H2,1-5H3/b22-10-. The molecule has 25 heavy (non-hydrogen) atoms. The van der Waals surface area contributed by atoms with Crippen LogP contribution in [0.2, 0.25) is 0 Å². The summed E-state index contributed by atoms with van der Waals surface area (Å²) in [6, 6.07) is 3.04. The molecule has 4 nitrogen and oxygen atoms in total. The fraction of sp³-hybridized carbons (Fsp3) is 0.611. The Balaban J connectivity index is 2.49. The molecular formula is C18H25F3N2O2. The first-order chi connectivity index (χ1) is 11.5. The number of aliphatic hydroxyl groups is 1. The molecule has 2 rings (SSSR count). The molecule has 0 saturated heterocycles. The number of aryl methyl sites for hydroxylation is 1. The second-order valence-electron chi connectivity index (χ2n) is 6.88. The zero-order valence-electron chi connectivity index (χ0n) is 15.2. The van der Waals surface area contributed by atoms with Crippen molar-refractivity contribution in [1.82, 2.24) is 4.90 Å². The molecule has 1 aromatic rings. The molecule has 0 heterocycles. The summed E-state index contributed by atoms with van der Waals surface area (Å²) in [7, 11) is 3.16. The van der Waals surface area contributed by atoms with E-state index in [9.17, 15) is 18.3 Å². The van der Waals surface area contributed by atoms with Gasteiger partial charge in [-0.25, -0.2) is 4.99 Å². The Morgan fingerprint density at radius 3 is 2.36 bits per heavy atom. The van der Waals surface area contributed by atoms with Crippen LogP contribution in [0.5, 0.6) is 5.75 Å². The molecular weight excluding hydrogens is 333 g/mol. The Morgan fingerprint density at radius 2 is 1.92 bits per heavy atom. The van der Waals surface area contributed by atoms with Gasteiger partial charge in [-0.2, -0.15) is 13.2 Å². The van der Waals surface area contributed by atoms with E-state index in [1.807, 2.05) is 25.8 Å². The molecule has 0 aromatic heterocycles. The Hall–Kier alpha value is -1.76. The number of hydrogen-bond donors (Lipinski definition) is 1. The van der Waals surface area contributed by atoms with Gasteiger partial charge in [0.1, 0.15) is 5.75 Å². The fourth-order valence-electron chi connectivity index (χ4n) is 2.67. The Morgan fingerprint density at radius 1 is 1.32 bits per heavy atom. The van der Waals surface area contributed by atoms with E-state index in [1.165, 1.54) is 19.2 Å². The molecule has 1 aliphatic rings.